The molecule has 1 aromatic carbocycles. The molecule has 2 rings (SSSR count). The quantitative estimate of drug-likeness (QED) is 0.650. The van der Waals surface area contributed by atoms with E-state index in [-0.39, 0.29) is 0 Å². The van der Waals surface area contributed by atoms with Gasteiger partial charge in [-0.25, -0.2) is 0 Å². The van der Waals surface area contributed by atoms with Gasteiger partial charge >= 0.3 is 0 Å². The summed E-state index contributed by atoms with van der Waals surface area (Å²) >= 11 is 17.1. The summed E-state index contributed by atoms with van der Waals surface area (Å²) in [6.45, 7) is 2.13. The number of nitrogens with zero attached hydrogens (tertiary/aromatic N) is 3. The standard InChI is InChI=1S/C13H14Cl2N4S/c1-2-3-4-12-17-18-13(20)19(12)16-8-9-5-6-10(14)7-11(9)15/h5-8H,2-4H2,1H3,(H,18,20)/b16-8-. The van der Waals surface area contributed by atoms with Crippen LogP contribution in [0.4, 0.5) is 0 Å². The normalized spacial score (nSPS) is 11.3. The molecule has 2 aromatic rings. The van der Waals surface area contributed by atoms with Gasteiger partial charge in [-0.15, -0.1) is 0 Å². The van der Waals surface area contributed by atoms with Gasteiger partial charge in [-0.2, -0.15) is 14.9 Å². The number of aromatic nitrogens is 3. The lowest BCUT2D eigenvalue weighted by Gasteiger charge is -2.01. The Morgan fingerprint density at radius 1 is 1.45 bits per heavy atom. The summed E-state index contributed by atoms with van der Waals surface area (Å²) in [5.41, 5.74) is 0.778. The molecule has 7 heteroatoms. The van der Waals surface area contributed by atoms with Crippen LogP contribution in [0.2, 0.25) is 10.0 Å². The molecule has 0 amide bonds. The molecule has 0 saturated heterocycles. The molecule has 0 bridgehead atoms. The lowest BCUT2D eigenvalue weighted by molar-refractivity contribution is 0.700. The molecule has 0 aliphatic heterocycles. The third-order valence-electron chi connectivity index (χ3n) is 2.75. The van der Waals surface area contributed by atoms with Gasteiger partial charge in [0.25, 0.3) is 0 Å². The summed E-state index contributed by atoms with van der Waals surface area (Å²) in [6, 6.07) is 5.25. The fourth-order valence-electron chi connectivity index (χ4n) is 1.67. The summed E-state index contributed by atoms with van der Waals surface area (Å²) < 4.78 is 2.09. The fraction of sp³-hybridized carbons (Fsp3) is 0.308. The smallest absolute Gasteiger partial charge is 0.216 e. The summed E-state index contributed by atoms with van der Waals surface area (Å²) in [5.74, 6) is 0.818. The second-order valence-corrected chi connectivity index (χ2v) is 5.50. The van der Waals surface area contributed by atoms with Gasteiger partial charge < -0.3 is 0 Å². The van der Waals surface area contributed by atoms with Crippen LogP contribution in [0.3, 0.4) is 0 Å². The van der Waals surface area contributed by atoms with Crippen molar-refractivity contribution in [2.24, 2.45) is 5.10 Å². The van der Waals surface area contributed by atoms with E-state index in [0.717, 1.165) is 30.7 Å². The van der Waals surface area contributed by atoms with Crippen LogP contribution in [0.25, 0.3) is 0 Å². The van der Waals surface area contributed by atoms with Crippen molar-refractivity contribution >= 4 is 41.6 Å². The Bertz CT molecular complexity index is 675. The lowest BCUT2D eigenvalue weighted by Crippen LogP contribution is -1.99. The van der Waals surface area contributed by atoms with Gasteiger partial charge in [-0.1, -0.05) is 42.6 Å². The van der Waals surface area contributed by atoms with Crippen LogP contribution in [0.5, 0.6) is 0 Å². The molecule has 0 fully saturated rings. The number of unbranched alkanes of at least 4 members (excludes halogenated alkanes) is 1. The third-order valence-corrected chi connectivity index (χ3v) is 3.57. The summed E-state index contributed by atoms with van der Waals surface area (Å²) in [6.07, 6.45) is 4.61. The maximum atomic E-state index is 6.10. The molecule has 0 aliphatic rings. The summed E-state index contributed by atoms with van der Waals surface area (Å²) in [7, 11) is 0. The van der Waals surface area contributed by atoms with Crippen molar-refractivity contribution in [1.29, 1.82) is 0 Å². The first-order valence-corrected chi connectivity index (χ1v) is 7.44. The molecule has 0 aliphatic carbocycles. The highest BCUT2D eigenvalue weighted by Gasteiger charge is 2.04. The Balaban J connectivity index is 2.27. The molecule has 1 aromatic heterocycles. The van der Waals surface area contributed by atoms with Crippen molar-refractivity contribution < 1.29 is 0 Å². The van der Waals surface area contributed by atoms with Crippen molar-refractivity contribution in [1.82, 2.24) is 14.9 Å². The lowest BCUT2D eigenvalue weighted by atomic mass is 10.2. The van der Waals surface area contributed by atoms with Gasteiger partial charge in [0.2, 0.25) is 4.77 Å². The highest BCUT2D eigenvalue weighted by molar-refractivity contribution is 7.71. The van der Waals surface area contributed by atoms with E-state index in [0.29, 0.717) is 14.8 Å². The molecule has 1 heterocycles. The van der Waals surface area contributed by atoms with Crippen molar-refractivity contribution in [2.45, 2.75) is 26.2 Å². The summed E-state index contributed by atoms with van der Waals surface area (Å²) in [4.78, 5) is 0. The van der Waals surface area contributed by atoms with Crippen molar-refractivity contribution in [3.05, 3.63) is 44.4 Å². The predicted octanol–water partition coefficient (Wildman–Crippen LogP) is 4.47. The largest absolute Gasteiger partial charge is 0.250 e. The minimum atomic E-state index is 0.470. The van der Waals surface area contributed by atoms with E-state index >= 15 is 0 Å². The monoisotopic (exact) mass is 328 g/mol. The highest BCUT2D eigenvalue weighted by atomic mass is 35.5. The average molecular weight is 329 g/mol. The van der Waals surface area contributed by atoms with E-state index < -0.39 is 0 Å². The van der Waals surface area contributed by atoms with Crippen LogP contribution in [0, 0.1) is 4.77 Å². The number of rotatable bonds is 5. The number of hydrogen-bond acceptors (Lipinski definition) is 3. The van der Waals surface area contributed by atoms with Crippen LogP contribution in [0.15, 0.2) is 23.3 Å². The maximum Gasteiger partial charge on any atom is 0.216 e. The molecule has 0 unspecified atom stereocenters. The Labute approximate surface area is 132 Å². The topological polar surface area (TPSA) is 46.0 Å². The predicted molar refractivity (Wildman–Crippen MR) is 85.5 cm³/mol. The zero-order chi connectivity index (χ0) is 14.5. The second-order valence-electron chi connectivity index (χ2n) is 4.27. The zero-order valence-corrected chi connectivity index (χ0v) is 13.3. The first-order valence-electron chi connectivity index (χ1n) is 6.27. The van der Waals surface area contributed by atoms with E-state index in [4.69, 9.17) is 35.4 Å². The SMILES string of the molecule is CCCCc1n[nH]c(=S)n1/N=C\c1ccc(Cl)cc1Cl. The minimum Gasteiger partial charge on any atom is -0.250 e. The average Bonchev–Trinajstić information content (AvgIpc) is 2.76. The minimum absolute atomic E-state index is 0.470. The van der Waals surface area contributed by atoms with Crippen LogP contribution < -0.4 is 0 Å². The molecule has 0 radical (unpaired) electrons. The number of aromatic amines is 1. The molecular weight excluding hydrogens is 315 g/mol. The number of hydrogen-bond donors (Lipinski definition) is 1. The Morgan fingerprint density at radius 2 is 2.25 bits per heavy atom. The molecule has 0 atom stereocenters. The van der Waals surface area contributed by atoms with Crippen LogP contribution in [0.1, 0.15) is 31.2 Å². The second kappa shape index (κ2) is 7.02. The van der Waals surface area contributed by atoms with E-state index in [1.165, 1.54) is 0 Å². The fourth-order valence-corrected chi connectivity index (χ4v) is 2.32. The van der Waals surface area contributed by atoms with Crippen molar-refractivity contribution in [2.75, 3.05) is 0 Å². The Morgan fingerprint density at radius 3 is 2.95 bits per heavy atom. The van der Waals surface area contributed by atoms with Gasteiger partial charge in [0.1, 0.15) is 0 Å². The van der Waals surface area contributed by atoms with Crippen molar-refractivity contribution in [3.8, 4) is 0 Å². The van der Waals surface area contributed by atoms with E-state index in [1.807, 2.05) is 6.07 Å². The molecule has 0 spiro atoms. The first-order chi connectivity index (χ1) is 9.61. The molecular formula is C13H14Cl2N4S. The number of H-pyrrole nitrogens is 1. The van der Waals surface area contributed by atoms with Crippen molar-refractivity contribution in [3.63, 3.8) is 0 Å². The van der Waals surface area contributed by atoms with Gasteiger partial charge in [0.05, 0.1) is 11.2 Å². The van der Waals surface area contributed by atoms with Gasteiger partial charge in [0, 0.05) is 17.0 Å². The zero-order valence-electron chi connectivity index (χ0n) is 10.9. The van der Waals surface area contributed by atoms with Gasteiger partial charge in [-0.05, 0) is 30.8 Å². The van der Waals surface area contributed by atoms with E-state index in [2.05, 4.69) is 22.2 Å². The molecule has 106 valence electrons. The first kappa shape index (κ1) is 15.2. The van der Waals surface area contributed by atoms with Gasteiger partial charge in [-0.3, -0.25) is 5.10 Å². The molecule has 0 saturated carbocycles. The molecule has 20 heavy (non-hydrogen) atoms. The van der Waals surface area contributed by atoms with Crippen LogP contribution >= 0.6 is 35.4 Å². The number of nitrogens with one attached hydrogen (secondary N) is 1. The third kappa shape index (κ3) is 3.69. The van der Waals surface area contributed by atoms with E-state index in [9.17, 15) is 0 Å². The molecule has 1 N–H and O–H groups in total. The van der Waals surface area contributed by atoms with Crippen LogP contribution in [-0.2, 0) is 6.42 Å². The number of halogens is 2. The summed E-state index contributed by atoms with van der Waals surface area (Å²) in [5, 5.41) is 12.4. The Hall–Kier alpha value is -1.17. The molecule has 4 nitrogen and oxygen atoms in total. The maximum absolute atomic E-state index is 6.10. The van der Waals surface area contributed by atoms with Crippen LogP contribution in [-0.4, -0.2) is 21.1 Å². The Kier molecular flexibility index (Phi) is 5.34. The number of aryl methyl sites for hydroxylation is 1. The van der Waals surface area contributed by atoms with E-state index in [1.54, 1.807) is 23.0 Å². The van der Waals surface area contributed by atoms with Gasteiger partial charge in [0.15, 0.2) is 5.82 Å². The number of benzene rings is 1. The highest BCUT2D eigenvalue weighted by Crippen LogP contribution is 2.19.